The van der Waals surface area contributed by atoms with Crippen molar-refractivity contribution in [1.82, 2.24) is 10.2 Å². The first-order valence-electron chi connectivity index (χ1n) is 7.67. The lowest BCUT2D eigenvalue weighted by molar-refractivity contribution is -0.274. The Bertz CT molecular complexity index is 798. The molecule has 148 valence electrons. The van der Waals surface area contributed by atoms with E-state index < -0.39 is 37.1 Å². The van der Waals surface area contributed by atoms with E-state index in [0.29, 0.717) is 0 Å². The maximum Gasteiger partial charge on any atom is 0.573 e. The van der Waals surface area contributed by atoms with E-state index >= 15 is 0 Å². The number of benzene rings is 1. The molecule has 1 N–H and O–H groups in total. The van der Waals surface area contributed by atoms with Crippen molar-refractivity contribution in [2.24, 2.45) is 0 Å². The topological polar surface area (TPSA) is 64.2 Å². The van der Waals surface area contributed by atoms with Gasteiger partial charge in [0.2, 0.25) is 0 Å². The minimum absolute atomic E-state index is 0.0106. The van der Waals surface area contributed by atoms with Gasteiger partial charge in [-0.25, -0.2) is 4.79 Å². The summed E-state index contributed by atoms with van der Waals surface area (Å²) in [6.07, 6.45) is -11.2. The number of aromatic amines is 1. The Labute approximate surface area is 149 Å². The first kappa shape index (κ1) is 20.6. The predicted molar refractivity (Wildman–Crippen MR) is 81.0 cm³/mol. The quantitative estimate of drug-likeness (QED) is 0.571. The molecular weight excluding hydrogens is 382 g/mol. The Balaban J connectivity index is 2.35. The van der Waals surface area contributed by atoms with Crippen LogP contribution in [-0.4, -0.2) is 35.3 Å². The maximum absolute atomic E-state index is 12.7. The van der Waals surface area contributed by atoms with Crippen LogP contribution in [0.4, 0.5) is 26.3 Å². The molecule has 0 fully saturated rings. The van der Waals surface area contributed by atoms with Crippen LogP contribution in [0.5, 0.6) is 5.75 Å². The monoisotopic (exact) mass is 396 g/mol. The molecule has 2 aromatic rings. The summed E-state index contributed by atoms with van der Waals surface area (Å²) in [7, 11) is 0. The molecule has 0 saturated carbocycles. The first-order valence-corrected chi connectivity index (χ1v) is 7.67. The van der Waals surface area contributed by atoms with Gasteiger partial charge in [0.25, 0.3) is 0 Å². The molecule has 11 heteroatoms. The van der Waals surface area contributed by atoms with E-state index in [9.17, 15) is 31.1 Å². The Kier molecular flexibility index (Phi) is 6.01. The minimum Gasteiger partial charge on any atom is -0.461 e. The van der Waals surface area contributed by atoms with Crippen LogP contribution in [0.3, 0.4) is 0 Å². The fourth-order valence-electron chi connectivity index (χ4n) is 2.20. The highest BCUT2D eigenvalue weighted by Crippen LogP contribution is 2.35. The van der Waals surface area contributed by atoms with Gasteiger partial charge in [-0.1, -0.05) is 6.07 Å². The number of rotatable bonds is 6. The normalized spacial score (nSPS) is 12.1. The highest BCUT2D eigenvalue weighted by molar-refractivity contribution is 5.89. The Morgan fingerprint density at radius 3 is 2.44 bits per heavy atom. The zero-order valence-electron chi connectivity index (χ0n) is 13.9. The Morgan fingerprint density at radius 2 is 1.85 bits per heavy atom. The average Bonchev–Trinajstić information content (AvgIpc) is 3.01. The van der Waals surface area contributed by atoms with Crippen molar-refractivity contribution in [2.75, 3.05) is 6.61 Å². The standard InChI is InChI=1S/C16H14F6N2O3/c1-2-26-14(25)12-8-11(23-24-12)10-4-3-9(5-6-15(17,18)19)7-13(10)27-16(20,21)22/h3-4,7-8H,2,5-6H2,1H3,(H,23,24). The van der Waals surface area contributed by atoms with Gasteiger partial charge in [0.15, 0.2) is 0 Å². The second kappa shape index (κ2) is 7.89. The zero-order valence-corrected chi connectivity index (χ0v) is 13.9. The summed E-state index contributed by atoms with van der Waals surface area (Å²) in [6, 6.07) is 4.42. The highest BCUT2D eigenvalue weighted by Gasteiger charge is 2.33. The number of carbonyl (C=O) groups is 1. The van der Waals surface area contributed by atoms with Crippen molar-refractivity contribution in [3.05, 3.63) is 35.5 Å². The Morgan fingerprint density at radius 1 is 1.15 bits per heavy atom. The van der Waals surface area contributed by atoms with Crippen molar-refractivity contribution in [1.29, 1.82) is 0 Å². The summed E-state index contributed by atoms with van der Waals surface area (Å²) in [5, 5.41) is 6.07. The third kappa shape index (κ3) is 6.19. The number of hydrogen-bond donors (Lipinski definition) is 1. The first-order chi connectivity index (χ1) is 12.5. The van der Waals surface area contributed by atoms with Crippen molar-refractivity contribution in [3.63, 3.8) is 0 Å². The van der Waals surface area contributed by atoms with E-state index in [2.05, 4.69) is 14.9 Å². The molecule has 0 spiro atoms. The number of nitrogens with zero attached hydrogens (tertiary/aromatic N) is 1. The van der Waals surface area contributed by atoms with E-state index in [0.717, 1.165) is 18.2 Å². The zero-order chi connectivity index (χ0) is 20.2. The lowest BCUT2D eigenvalue weighted by Gasteiger charge is -2.14. The number of nitrogens with one attached hydrogen (secondary N) is 1. The molecule has 2 rings (SSSR count). The summed E-state index contributed by atoms with van der Waals surface area (Å²) < 4.78 is 83.7. The summed E-state index contributed by atoms with van der Waals surface area (Å²) >= 11 is 0. The van der Waals surface area contributed by atoms with Crippen molar-refractivity contribution < 1.29 is 40.6 Å². The number of halogens is 6. The average molecular weight is 396 g/mol. The number of aryl methyl sites for hydroxylation is 1. The summed E-state index contributed by atoms with van der Waals surface area (Å²) in [6.45, 7) is 1.66. The van der Waals surface area contributed by atoms with Gasteiger partial charge < -0.3 is 9.47 Å². The smallest absolute Gasteiger partial charge is 0.461 e. The molecule has 0 aliphatic heterocycles. The third-order valence-electron chi connectivity index (χ3n) is 3.32. The fraction of sp³-hybridized carbons (Fsp3) is 0.375. The van der Waals surface area contributed by atoms with E-state index in [1.807, 2.05) is 0 Å². The molecule has 0 aliphatic rings. The number of alkyl halides is 6. The second-order valence-corrected chi connectivity index (χ2v) is 5.38. The van der Waals surface area contributed by atoms with Crippen LogP contribution >= 0.6 is 0 Å². The molecule has 0 amide bonds. The maximum atomic E-state index is 12.7. The molecule has 5 nitrogen and oxygen atoms in total. The van der Waals surface area contributed by atoms with Crippen molar-refractivity contribution in [2.45, 2.75) is 32.3 Å². The molecule has 0 unspecified atom stereocenters. The molecule has 0 bridgehead atoms. The molecule has 1 heterocycles. The van der Waals surface area contributed by atoms with E-state index in [1.54, 1.807) is 6.92 Å². The number of aromatic nitrogens is 2. The fourth-order valence-corrected chi connectivity index (χ4v) is 2.20. The molecular formula is C16H14F6N2O3. The number of hydrogen-bond acceptors (Lipinski definition) is 4. The number of carbonyl (C=O) groups excluding carboxylic acids is 1. The van der Waals surface area contributed by atoms with Crippen LogP contribution in [-0.2, 0) is 11.2 Å². The SMILES string of the molecule is CCOC(=O)c1cc(-c2ccc(CCC(F)(F)F)cc2OC(F)(F)F)n[nH]1. The molecule has 0 aliphatic carbocycles. The second-order valence-electron chi connectivity index (χ2n) is 5.38. The number of esters is 1. The van der Waals surface area contributed by atoms with Gasteiger partial charge in [-0.2, -0.15) is 18.3 Å². The van der Waals surface area contributed by atoms with Crippen molar-refractivity contribution >= 4 is 5.97 Å². The largest absolute Gasteiger partial charge is 0.573 e. The number of ether oxygens (including phenoxy) is 2. The van der Waals surface area contributed by atoms with Crippen LogP contribution in [0.1, 0.15) is 29.4 Å². The van der Waals surface area contributed by atoms with Crippen LogP contribution in [0.2, 0.25) is 0 Å². The Hall–Kier alpha value is -2.72. The van der Waals surface area contributed by atoms with Gasteiger partial charge in [-0.15, -0.1) is 13.2 Å². The molecule has 0 saturated heterocycles. The van der Waals surface area contributed by atoms with Gasteiger partial charge in [0.05, 0.1) is 12.3 Å². The van der Waals surface area contributed by atoms with Crippen LogP contribution < -0.4 is 4.74 Å². The van der Waals surface area contributed by atoms with E-state index in [-0.39, 0.29) is 29.1 Å². The molecule has 0 atom stereocenters. The van der Waals surface area contributed by atoms with Gasteiger partial charge in [-0.05, 0) is 37.1 Å². The molecule has 1 aromatic heterocycles. The van der Waals surface area contributed by atoms with Crippen molar-refractivity contribution in [3.8, 4) is 17.0 Å². The summed E-state index contributed by atoms with van der Waals surface area (Å²) in [4.78, 5) is 11.6. The lowest BCUT2D eigenvalue weighted by atomic mass is 10.0. The molecule has 0 radical (unpaired) electrons. The summed E-state index contributed by atoms with van der Waals surface area (Å²) in [5.41, 5.74) is -0.281. The minimum atomic E-state index is -5.06. The molecule has 27 heavy (non-hydrogen) atoms. The van der Waals surface area contributed by atoms with Gasteiger partial charge >= 0.3 is 18.5 Å². The summed E-state index contributed by atoms with van der Waals surface area (Å²) in [5.74, 6) is -1.47. The van der Waals surface area contributed by atoms with E-state index in [1.165, 1.54) is 6.07 Å². The van der Waals surface area contributed by atoms with Gasteiger partial charge in [0.1, 0.15) is 11.4 Å². The van der Waals surface area contributed by atoms with Gasteiger partial charge in [-0.3, -0.25) is 5.10 Å². The van der Waals surface area contributed by atoms with Crippen LogP contribution in [0.25, 0.3) is 11.3 Å². The number of H-pyrrole nitrogens is 1. The van der Waals surface area contributed by atoms with Gasteiger partial charge in [0, 0.05) is 12.0 Å². The highest BCUT2D eigenvalue weighted by atomic mass is 19.4. The van der Waals surface area contributed by atoms with Crippen LogP contribution in [0, 0.1) is 0 Å². The van der Waals surface area contributed by atoms with Crippen LogP contribution in [0.15, 0.2) is 24.3 Å². The van der Waals surface area contributed by atoms with E-state index in [4.69, 9.17) is 4.74 Å². The third-order valence-corrected chi connectivity index (χ3v) is 3.32. The predicted octanol–water partition coefficient (Wildman–Crippen LogP) is 4.65. The molecule has 1 aromatic carbocycles. The lowest BCUT2D eigenvalue weighted by Crippen LogP contribution is -2.18.